The van der Waals surface area contributed by atoms with Crippen LogP contribution in [0.25, 0.3) is 0 Å². The second-order valence-electron chi connectivity index (χ2n) is 5.32. The van der Waals surface area contributed by atoms with E-state index in [1.807, 2.05) is 0 Å². The smallest absolute Gasteiger partial charge is 0.344 e. The molecular weight excluding hydrogens is 332 g/mol. The summed E-state index contributed by atoms with van der Waals surface area (Å²) < 4.78 is 25.9. The first-order chi connectivity index (χ1) is 13.7. The Bertz CT molecular complexity index is 1030. The van der Waals surface area contributed by atoms with Crippen molar-refractivity contribution in [1.29, 1.82) is 0 Å². The molecule has 0 aromatic heterocycles. The molecule has 6 nitrogen and oxygen atoms in total. The van der Waals surface area contributed by atoms with Crippen LogP contribution in [0.3, 0.4) is 0 Å². The van der Waals surface area contributed by atoms with E-state index in [0.29, 0.717) is 11.4 Å². The van der Waals surface area contributed by atoms with E-state index in [4.69, 9.17) is 4.11 Å². The van der Waals surface area contributed by atoms with Gasteiger partial charge in [-0.2, -0.15) is 0 Å². The van der Waals surface area contributed by atoms with Gasteiger partial charge in [-0.05, 0) is 24.3 Å². The summed E-state index contributed by atoms with van der Waals surface area (Å²) in [6.07, 6.45) is 1.08. The molecule has 0 fully saturated rings. The third-order valence-electron chi connectivity index (χ3n) is 3.58. The molecular formula is C20H16N2O4. The van der Waals surface area contributed by atoms with Crippen molar-refractivity contribution in [2.75, 3.05) is 12.4 Å². The van der Waals surface area contributed by atoms with Crippen molar-refractivity contribution in [2.45, 2.75) is 0 Å². The van der Waals surface area contributed by atoms with Crippen molar-refractivity contribution in [1.82, 2.24) is 0 Å². The van der Waals surface area contributed by atoms with Gasteiger partial charge in [0.15, 0.2) is 5.76 Å². The van der Waals surface area contributed by atoms with Gasteiger partial charge in [0.2, 0.25) is 5.78 Å². The number of allylic oxidation sites excluding steroid dienone is 1. The van der Waals surface area contributed by atoms with Gasteiger partial charge in [-0.15, -0.1) is 0 Å². The average molecular weight is 351 g/mol. The van der Waals surface area contributed by atoms with Gasteiger partial charge in [-0.1, -0.05) is 36.4 Å². The Morgan fingerprint density at radius 3 is 2.42 bits per heavy atom. The van der Waals surface area contributed by atoms with Crippen molar-refractivity contribution in [3.05, 3.63) is 83.8 Å². The number of aliphatic hydroxyl groups excluding tert-OH is 1. The van der Waals surface area contributed by atoms with Crippen molar-refractivity contribution in [3.8, 4) is 0 Å². The number of ketones is 1. The predicted octanol–water partition coefficient (Wildman–Crippen LogP) is 3.32. The number of ether oxygens (including phenoxy) is 1. The van der Waals surface area contributed by atoms with E-state index in [-0.39, 0.29) is 5.70 Å². The van der Waals surface area contributed by atoms with Crippen LogP contribution in [-0.2, 0) is 14.3 Å². The molecule has 2 N–H and O–H groups in total. The number of para-hydroxylation sites is 2. The van der Waals surface area contributed by atoms with Gasteiger partial charge in [0.1, 0.15) is 11.3 Å². The van der Waals surface area contributed by atoms with Crippen molar-refractivity contribution < 1.29 is 23.5 Å². The van der Waals surface area contributed by atoms with Gasteiger partial charge in [0.25, 0.3) is 0 Å². The van der Waals surface area contributed by atoms with E-state index in [1.54, 1.807) is 60.7 Å². The quantitative estimate of drug-likeness (QED) is 0.652. The van der Waals surface area contributed by atoms with Crippen LogP contribution in [0.5, 0.6) is 0 Å². The highest BCUT2D eigenvalue weighted by molar-refractivity contribution is 6.56. The van der Waals surface area contributed by atoms with Crippen molar-refractivity contribution in [2.24, 2.45) is 4.99 Å². The molecule has 0 saturated heterocycles. The summed E-state index contributed by atoms with van der Waals surface area (Å²) in [5, 5.41) is 13.5. The Morgan fingerprint density at radius 1 is 1.12 bits per heavy atom. The number of carbonyl (C=O) groups is 2. The minimum atomic E-state index is -3.06. The number of hydrogen-bond acceptors (Lipinski definition) is 6. The minimum absolute atomic E-state index is 0.0781. The Hall–Kier alpha value is -3.67. The van der Waals surface area contributed by atoms with E-state index >= 15 is 0 Å². The fourth-order valence-electron chi connectivity index (χ4n) is 2.40. The first-order valence-electron chi connectivity index (χ1n) is 9.14. The lowest BCUT2D eigenvalue weighted by molar-refractivity contribution is -0.135. The highest BCUT2D eigenvalue weighted by Gasteiger charge is 2.32. The van der Waals surface area contributed by atoms with Crippen LogP contribution in [0.1, 0.15) is 4.11 Å². The number of rotatable bonds is 4. The molecule has 1 aliphatic carbocycles. The molecule has 0 unspecified atom stereocenters. The Balaban J connectivity index is 2.07. The van der Waals surface area contributed by atoms with Crippen LogP contribution in [0, 0.1) is 0 Å². The predicted molar refractivity (Wildman–Crippen MR) is 98.4 cm³/mol. The zero-order valence-corrected chi connectivity index (χ0v) is 13.5. The third kappa shape index (κ3) is 3.54. The van der Waals surface area contributed by atoms with Crippen molar-refractivity contribution in [3.63, 3.8) is 0 Å². The normalized spacial score (nSPS) is 17.8. The molecule has 2 aromatic carbocycles. The maximum absolute atomic E-state index is 12.7. The van der Waals surface area contributed by atoms with Crippen LogP contribution < -0.4 is 5.32 Å². The fourth-order valence-corrected chi connectivity index (χ4v) is 2.40. The molecule has 0 atom stereocenters. The summed E-state index contributed by atoms with van der Waals surface area (Å²) in [6.45, 7) is 0. The topological polar surface area (TPSA) is 88.0 Å². The van der Waals surface area contributed by atoms with Gasteiger partial charge in [0.05, 0.1) is 22.5 Å². The molecule has 0 aliphatic heterocycles. The number of esters is 1. The highest BCUT2D eigenvalue weighted by atomic mass is 16.5. The number of aliphatic imine (C=N–C) groups is 1. The van der Waals surface area contributed by atoms with Crippen molar-refractivity contribution >= 4 is 28.8 Å². The molecule has 3 rings (SSSR count). The second kappa shape index (κ2) is 7.48. The highest BCUT2D eigenvalue weighted by Crippen LogP contribution is 2.25. The molecule has 130 valence electrons. The number of benzene rings is 2. The standard InChI is InChI=1S/C20H16N2O4/c1-26-20(25)17-18(22-14-10-6-3-7-11-14)16(23)12-15(19(17)24)21-13-8-4-2-5-9-13/h2-12,21,24H,1H3/i1D3. The molecule has 6 heteroatoms. The third-order valence-corrected chi connectivity index (χ3v) is 3.58. The molecule has 0 saturated carbocycles. The Labute approximate surface area is 154 Å². The van der Waals surface area contributed by atoms with E-state index in [1.165, 1.54) is 0 Å². The largest absolute Gasteiger partial charge is 0.505 e. The number of hydrogen-bond donors (Lipinski definition) is 2. The SMILES string of the molecule is [2H]C([2H])([2H])OC(=O)C1=C(O)C(Nc2ccccc2)=CC(=O)C1=Nc1ccccc1. The van der Waals surface area contributed by atoms with E-state index < -0.39 is 35.8 Å². The van der Waals surface area contributed by atoms with Gasteiger partial charge in [-0.25, -0.2) is 9.79 Å². The molecule has 0 heterocycles. The van der Waals surface area contributed by atoms with Gasteiger partial charge < -0.3 is 15.2 Å². The molecule has 0 bridgehead atoms. The van der Waals surface area contributed by atoms with Gasteiger partial charge in [0, 0.05) is 11.8 Å². The number of anilines is 1. The summed E-state index contributed by atoms with van der Waals surface area (Å²) in [7, 11) is -3.06. The van der Waals surface area contributed by atoms with E-state index in [0.717, 1.165) is 6.08 Å². The van der Waals surface area contributed by atoms with Gasteiger partial charge >= 0.3 is 5.97 Å². The van der Waals surface area contributed by atoms with E-state index in [9.17, 15) is 14.7 Å². The van der Waals surface area contributed by atoms with Crippen LogP contribution in [0.4, 0.5) is 11.4 Å². The number of carbonyl (C=O) groups excluding carboxylic acids is 2. The van der Waals surface area contributed by atoms with E-state index in [2.05, 4.69) is 15.0 Å². The minimum Gasteiger partial charge on any atom is -0.505 e. The summed E-state index contributed by atoms with van der Waals surface area (Å²) in [5.74, 6) is -2.72. The lowest BCUT2D eigenvalue weighted by Gasteiger charge is -2.18. The summed E-state index contributed by atoms with van der Waals surface area (Å²) in [4.78, 5) is 29.3. The molecule has 0 radical (unpaired) electrons. The molecule has 26 heavy (non-hydrogen) atoms. The fraction of sp³-hybridized carbons (Fsp3) is 0.0500. The number of methoxy groups -OCH3 is 1. The molecule has 0 amide bonds. The Morgan fingerprint density at radius 2 is 1.77 bits per heavy atom. The molecule has 1 aliphatic rings. The first kappa shape index (κ1) is 13.6. The summed E-state index contributed by atoms with van der Waals surface area (Å²) in [6, 6.07) is 16.9. The summed E-state index contributed by atoms with van der Waals surface area (Å²) >= 11 is 0. The molecule has 0 spiro atoms. The lowest BCUT2D eigenvalue weighted by atomic mass is 9.97. The monoisotopic (exact) mass is 351 g/mol. The van der Waals surface area contributed by atoms with Crippen LogP contribution in [0.15, 0.2) is 88.8 Å². The number of nitrogens with one attached hydrogen (secondary N) is 1. The second-order valence-corrected chi connectivity index (χ2v) is 5.32. The number of nitrogens with zero attached hydrogens (tertiary/aromatic N) is 1. The van der Waals surface area contributed by atoms with Crippen LogP contribution in [-0.4, -0.2) is 29.6 Å². The van der Waals surface area contributed by atoms with Crippen LogP contribution in [0.2, 0.25) is 0 Å². The molecule has 2 aromatic rings. The number of aliphatic hydroxyl groups is 1. The Kier molecular flexibility index (Phi) is 3.91. The summed E-state index contributed by atoms with van der Waals surface area (Å²) in [5.41, 5.74) is -0.232. The maximum Gasteiger partial charge on any atom is 0.344 e. The lowest BCUT2D eigenvalue weighted by Crippen LogP contribution is -2.29. The maximum atomic E-state index is 12.7. The average Bonchev–Trinajstić information content (AvgIpc) is 2.66. The van der Waals surface area contributed by atoms with Gasteiger partial charge in [-0.3, -0.25) is 4.79 Å². The zero-order valence-electron chi connectivity index (χ0n) is 16.5. The van der Waals surface area contributed by atoms with Crippen LogP contribution >= 0.6 is 0 Å². The first-order valence-corrected chi connectivity index (χ1v) is 7.64. The zero-order chi connectivity index (χ0) is 21.0.